The van der Waals surface area contributed by atoms with E-state index in [2.05, 4.69) is 5.32 Å². The average Bonchev–Trinajstić information content (AvgIpc) is 2.49. The SMILES string of the molecule is CCNC(=O)C1COCCN1C(=O)c1cc(C)ccc1F. The molecule has 1 aliphatic heterocycles. The summed E-state index contributed by atoms with van der Waals surface area (Å²) in [5.41, 5.74) is 0.786. The Morgan fingerprint density at radius 2 is 2.24 bits per heavy atom. The number of hydrogen-bond acceptors (Lipinski definition) is 3. The zero-order valence-corrected chi connectivity index (χ0v) is 12.2. The van der Waals surface area contributed by atoms with Gasteiger partial charge in [-0.15, -0.1) is 0 Å². The van der Waals surface area contributed by atoms with Crippen molar-refractivity contribution < 1.29 is 18.7 Å². The molecule has 1 N–H and O–H groups in total. The molecule has 0 bridgehead atoms. The molecule has 1 saturated heterocycles. The van der Waals surface area contributed by atoms with Crippen molar-refractivity contribution in [1.82, 2.24) is 10.2 Å². The number of ether oxygens (including phenoxy) is 1. The molecule has 6 heteroatoms. The van der Waals surface area contributed by atoms with E-state index >= 15 is 0 Å². The molecule has 0 saturated carbocycles. The molecular formula is C15H19FN2O3. The lowest BCUT2D eigenvalue weighted by molar-refractivity contribution is -0.130. The number of morpholine rings is 1. The molecular weight excluding hydrogens is 275 g/mol. The third kappa shape index (κ3) is 3.39. The van der Waals surface area contributed by atoms with E-state index < -0.39 is 17.8 Å². The molecule has 1 atom stereocenters. The first kappa shape index (κ1) is 15.4. The van der Waals surface area contributed by atoms with E-state index in [1.54, 1.807) is 19.9 Å². The van der Waals surface area contributed by atoms with Crippen LogP contribution < -0.4 is 5.32 Å². The maximum absolute atomic E-state index is 13.9. The summed E-state index contributed by atoms with van der Waals surface area (Å²) in [7, 11) is 0. The molecule has 1 heterocycles. The first-order chi connectivity index (χ1) is 10.0. The van der Waals surface area contributed by atoms with Crippen LogP contribution in [0, 0.1) is 12.7 Å². The van der Waals surface area contributed by atoms with Crippen LogP contribution in [0.1, 0.15) is 22.8 Å². The fraction of sp³-hybridized carbons (Fsp3) is 0.467. The van der Waals surface area contributed by atoms with Gasteiger partial charge in [-0.2, -0.15) is 0 Å². The number of nitrogens with one attached hydrogen (secondary N) is 1. The largest absolute Gasteiger partial charge is 0.377 e. The van der Waals surface area contributed by atoms with E-state index in [0.717, 1.165) is 5.56 Å². The molecule has 2 amide bonds. The van der Waals surface area contributed by atoms with Gasteiger partial charge < -0.3 is 15.0 Å². The van der Waals surface area contributed by atoms with Gasteiger partial charge in [0.2, 0.25) is 5.91 Å². The van der Waals surface area contributed by atoms with E-state index in [0.29, 0.717) is 13.2 Å². The highest BCUT2D eigenvalue weighted by molar-refractivity contribution is 5.98. The van der Waals surface area contributed by atoms with Crippen LogP contribution in [-0.2, 0) is 9.53 Å². The maximum atomic E-state index is 13.9. The highest BCUT2D eigenvalue weighted by Crippen LogP contribution is 2.17. The Kier molecular flexibility index (Phi) is 4.90. The summed E-state index contributed by atoms with van der Waals surface area (Å²) in [6.45, 7) is 4.80. The second-order valence-corrected chi connectivity index (χ2v) is 4.97. The topological polar surface area (TPSA) is 58.6 Å². The Balaban J connectivity index is 2.26. The molecule has 5 nitrogen and oxygen atoms in total. The third-order valence-corrected chi connectivity index (χ3v) is 3.40. The van der Waals surface area contributed by atoms with Gasteiger partial charge in [-0.1, -0.05) is 11.6 Å². The Morgan fingerprint density at radius 1 is 1.48 bits per heavy atom. The van der Waals surface area contributed by atoms with Gasteiger partial charge in [-0.25, -0.2) is 4.39 Å². The number of benzene rings is 1. The molecule has 1 aliphatic rings. The van der Waals surface area contributed by atoms with E-state index in [1.807, 2.05) is 0 Å². The zero-order valence-electron chi connectivity index (χ0n) is 12.2. The second kappa shape index (κ2) is 6.67. The number of hydrogen-bond donors (Lipinski definition) is 1. The number of carbonyl (C=O) groups is 2. The monoisotopic (exact) mass is 294 g/mol. The van der Waals surface area contributed by atoms with Crippen LogP contribution in [0.4, 0.5) is 4.39 Å². The van der Waals surface area contributed by atoms with E-state index in [1.165, 1.54) is 17.0 Å². The molecule has 114 valence electrons. The van der Waals surface area contributed by atoms with Gasteiger partial charge >= 0.3 is 0 Å². The molecule has 0 radical (unpaired) electrons. The lowest BCUT2D eigenvalue weighted by Crippen LogP contribution is -2.56. The fourth-order valence-electron chi connectivity index (χ4n) is 2.31. The first-order valence-corrected chi connectivity index (χ1v) is 6.97. The van der Waals surface area contributed by atoms with Crippen molar-refractivity contribution in [3.63, 3.8) is 0 Å². The van der Waals surface area contributed by atoms with Gasteiger partial charge in [-0.3, -0.25) is 9.59 Å². The van der Waals surface area contributed by atoms with Crippen molar-refractivity contribution in [3.05, 3.63) is 35.1 Å². The highest BCUT2D eigenvalue weighted by Gasteiger charge is 2.34. The quantitative estimate of drug-likeness (QED) is 0.908. The zero-order chi connectivity index (χ0) is 15.4. The average molecular weight is 294 g/mol. The van der Waals surface area contributed by atoms with Crippen LogP contribution in [0.2, 0.25) is 0 Å². The summed E-state index contributed by atoms with van der Waals surface area (Å²) in [6.07, 6.45) is 0. The van der Waals surface area contributed by atoms with Crippen LogP contribution in [0.25, 0.3) is 0 Å². The van der Waals surface area contributed by atoms with Crippen LogP contribution in [-0.4, -0.2) is 49.1 Å². The third-order valence-electron chi connectivity index (χ3n) is 3.40. The number of rotatable bonds is 3. The maximum Gasteiger partial charge on any atom is 0.257 e. The second-order valence-electron chi connectivity index (χ2n) is 4.97. The smallest absolute Gasteiger partial charge is 0.257 e. The Labute approximate surface area is 123 Å². The molecule has 0 spiro atoms. The van der Waals surface area contributed by atoms with E-state index in [9.17, 15) is 14.0 Å². The molecule has 0 aromatic heterocycles. The molecule has 1 aromatic carbocycles. The standard InChI is InChI=1S/C15H19FN2O3/c1-3-17-14(19)13-9-21-7-6-18(13)15(20)11-8-10(2)4-5-12(11)16/h4-5,8,13H,3,6-7,9H2,1-2H3,(H,17,19). The van der Waals surface area contributed by atoms with Crippen molar-refractivity contribution in [2.45, 2.75) is 19.9 Å². The predicted octanol–water partition coefficient (Wildman–Crippen LogP) is 1.11. The van der Waals surface area contributed by atoms with Gasteiger partial charge in [-0.05, 0) is 26.0 Å². The lowest BCUT2D eigenvalue weighted by atomic mass is 10.1. The van der Waals surface area contributed by atoms with Gasteiger partial charge in [0, 0.05) is 13.1 Å². The minimum atomic E-state index is -0.717. The summed E-state index contributed by atoms with van der Waals surface area (Å²) in [6, 6.07) is 3.66. The van der Waals surface area contributed by atoms with Gasteiger partial charge in [0.25, 0.3) is 5.91 Å². The molecule has 1 fully saturated rings. The van der Waals surface area contributed by atoms with Crippen LogP contribution in [0.3, 0.4) is 0 Å². The van der Waals surface area contributed by atoms with Crippen molar-refractivity contribution in [2.24, 2.45) is 0 Å². The number of aryl methyl sites for hydroxylation is 1. The summed E-state index contributed by atoms with van der Waals surface area (Å²) in [4.78, 5) is 25.9. The Morgan fingerprint density at radius 3 is 2.95 bits per heavy atom. The van der Waals surface area contributed by atoms with Crippen LogP contribution >= 0.6 is 0 Å². The lowest BCUT2D eigenvalue weighted by Gasteiger charge is -2.34. The number of likely N-dealkylation sites (N-methyl/N-ethyl adjacent to an activating group) is 1. The van der Waals surface area contributed by atoms with Crippen molar-refractivity contribution in [3.8, 4) is 0 Å². The van der Waals surface area contributed by atoms with E-state index in [4.69, 9.17) is 4.74 Å². The van der Waals surface area contributed by atoms with Crippen molar-refractivity contribution >= 4 is 11.8 Å². The molecule has 2 rings (SSSR count). The normalized spacial score (nSPS) is 18.4. The summed E-state index contributed by atoms with van der Waals surface area (Å²) >= 11 is 0. The number of carbonyl (C=O) groups excluding carboxylic acids is 2. The Bertz CT molecular complexity index is 548. The number of halogens is 1. The summed E-state index contributed by atoms with van der Waals surface area (Å²) in [5.74, 6) is -1.33. The van der Waals surface area contributed by atoms with E-state index in [-0.39, 0.29) is 24.6 Å². The summed E-state index contributed by atoms with van der Waals surface area (Å²) < 4.78 is 19.1. The minimum absolute atomic E-state index is 0.00815. The van der Waals surface area contributed by atoms with Crippen LogP contribution in [0.5, 0.6) is 0 Å². The molecule has 21 heavy (non-hydrogen) atoms. The van der Waals surface area contributed by atoms with Gasteiger partial charge in [0.15, 0.2) is 0 Å². The number of nitrogens with zero attached hydrogens (tertiary/aromatic N) is 1. The van der Waals surface area contributed by atoms with Crippen molar-refractivity contribution in [2.75, 3.05) is 26.3 Å². The molecule has 0 aliphatic carbocycles. The summed E-state index contributed by atoms with van der Waals surface area (Å²) in [5, 5.41) is 2.67. The highest BCUT2D eigenvalue weighted by atomic mass is 19.1. The fourth-order valence-corrected chi connectivity index (χ4v) is 2.31. The predicted molar refractivity (Wildman–Crippen MR) is 75.5 cm³/mol. The van der Waals surface area contributed by atoms with Gasteiger partial charge in [0.1, 0.15) is 11.9 Å². The number of amides is 2. The Hall–Kier alpha value is -1.95. The molecule has 1 unspecified atom stereocenters. The van der Waals surface area contributed by atoms with Gasteiger partial charge in [0.05, 0.1) is 18.8 Å². The van der Waals surface area contributed by atoms with Crippen molar-refractivity contribution in [1.29, 1.82) is 0 Å². The first-order valence-electron chi connectivity index (χ1n) is 6.97. The minimum Gasteiger partial charge on any atom is -0.377 e. The molecule has 1 aromatic rings. The van der Waals surface area contributed by atoms with Crippen LogP contribution in [0.15, 0.2) is 18.2 Å².